The Kier molecular flexibility index (Phi) is 4.18. The number of rotatable bonds is 4. The van der Waals surface area contributed by atoms with Crippen LogP contribution < -0.4 is 5.73 Å². The summed E-state index contributed by atoms with van der Waals surface area (Å²) in [6, 6.07) is 0. The Morgan fingerprint density at radius 2 is 2.46 bits per heavy atom. The molecule has 13 heavy (non-hydrogen) atoms. The lowest BCUT2D eigenvalue weighted by atomic mass is 10.2. The minimum absolute atomic E-state index is 0.109. The van der Waals surface area contributed by atoms with Gasteiger partial charge in [-0.05, 0) is 12.8 Å². The normalized spacial score (nSPS) is 21.8. The predicted octanol–water partition coefficient (Wildman–Crippen LogP) is -0.0274. The Morgan fingerprint density at radius 1 is 1.69 bits per heavy atom. The van der Waals surface area contributed by atoms with Crippen molar-refractivity contribution in [2.24, 2.45) is 5.73 Å². The highest BCUT2D eigenvalue weighted by Crippen LogP contribution is 2.12. The van der Waals surface area contributed by atoms with Gasteiger partial charge in [0.15, 0.2) is 0 Å². The zero-order valence-electron chi connectivity index (χ0n) is 8.16. The van der Waals surface area contributed by atoms with Crippen molar-refractivity contribution in [2.45, 2.75) is 25.4 Å². The third-order valence-electron chi connectivity index (χ3n) is 2.29. The van der Waals surface area contributed by atoms with Gasteiger partial charge in [-0.1, -0.05) is 0 Å². The van der Waals surface area contributed by atoms with E-state index < -0.39 is 0 Å². The maximum Gasteiger partial charge on any atom is 0.223 e. The van der Waals surface area contributed by atoms with Crippen molar-refractivity contribution < 1.29 is 9.53 Å². The van der Waals surface area contributed by atoms with E-state index in [1.54, 1.807) is 11.9 Å². The van der Waals surface area contributed by atoms with Crippen LogP contribution in [0.3, 0.4) is 0 Å². The molecule has 1 aliphatic heterocycles. The Hall–Kier alpha value is -0.610. The molecule has 1 rings (SSSR count). The lowest BCUT2D eigenvalue weighted by Crippen LogP contribution is -2.34. The van der Waals surface area contributed by atoms with Crippen LogP contribution in [0.25, 0.3) is 0 Å². The first-order valence-electron chi connectivity index (χ1n) is 4.79. The minimum Gasteiger partial charge on any atom is -0.376 e. The number of carbonyl (C=O) groups is 1. The maximum absolute atomic E-state index is 11.3. The summed E-state index contributed by atoms with van der Waals surface area (Å²) in [4.78, 5) is 13.0. The second-order valence-electron chi connectivity index (χ2n) is 3.45. The first-order valence-corrected chi connectivity index (χ1v) is 4.79. The molecule has 0 aromatic rings. The number of nitrogens with two attached hydrogens (primary N) is 1. The largest absolute Gasteiger partial charge is 0.376 e. The van der Waals surface area contributed by atoms with E-state index in [0.29, 0.717) is 19.5 Å². The molecular formula is C9H18N2O2. The second-order valence-corrected chi connectivity index (χ2v) is 3.45. The molecule has 0 aliphatic carbocycles. The molecule has 0 radical (unpaired) electrons. The molecule has 1 fully saturated rings. The molecule has 0 bridgehead atoms. The quantitative estimate of drug-likeness (QED) is 0.671. The van der Waals surface area contributed by atoms with Gasteiger partial charge >= 0.3 is 0 Å². The standard InChI is InChI=1S/C9H18N2O2/c1-11(9(12)4-5-10)7-8-3-2-6-13-8/h8H,2-7,10H2,1H3. The lowest BCUT2D eigenvalue weighted by molar-refractivity contribution is -0.131. The predicted molar refractivity (Wildman–Crippen MR) is 50.3 cm³/mol. The molecule has 0 aromatic heterocycles. The molecule has 4 nitrogen and oxygen atoms in total. The highest BCUT2D eigenvalue weighted by molar-refractivity contribution is 5.76. The van der Waals surface area contributed by atoms with Gasteiger partial charge in [0.25, 0.3) is 0 Å². The van der Waals surface area contributed by atoms with E-state index in [1.807, 2.05) is 0 Å². The van der Waals surface area contributed by atoms with Crippen LogP contribution in [-0.4, -0.2) is 43.7 Å². The van der Waals surface area contributed by atoms with Crippen LogP contribution in [-0.2, 0) is 9.53 Å². The Labute approximate surface area is 79.0 Å². The average Bonchev–Trinajstić information content (AvgIpc) is 2.57. The van der Waals surface area contributed by atoms with Gasteiger partial charge in [0, 0.05) is 33.2 Å². The summed E-state index contributed by atoms with van der Waals surface area (Å²) in [7, 11) is 1.81. The van der Waals surface area contributed by atoms with Crippen LogP contribution in [0.15, 0.2) is 0 Å². The van der Waals surface area contributed by atoms with Crippen LogP contribution in [0.5, 0.6) is 0 Å². The number of nitrogens with zero attached hydrogens (tertiary/aromatic N) is 1. The number of hydrogen-bond acceptors (Lipinski definition) is 3. The molecule has 1 heterocycles. The Morgan fingerprint density at radius 3 is 3.00 bits per heavy atom. The minimum atomic E-state index is 0.109. The van der Waals surface area contributed by atoms with Crippen molar-refractivity contribution in [1.82, 2.24) is 4.90 Å². The molecule has 1 saturated heterocycles. The molecule has 76 valence electrons. The average molecular weight is 186 g/mol. The van der Waals surface area contributed by atoms with Crippen molar-refractivity contribution in [2.75, 3.05) is 26.7 Å². The fourth-order valence-corrected chi connectivity index (χ4v) is 1.51. The van der Waals surface area contributed by atoms with Gasteiger partial charge < -0.3 is 15.4 Å². The number of carbonyl (C=O) groups excluding carboxylic acids is 1. The van der Waals surface area contributed by atoms with Crippen LogP contribution >= 0.6 is 0 Å². The van der Waals surface area contributed by atoms with Gasteiger partial charge in [-0.25, -0.2) is 0 Å². The van der Waals surface area contributed by atoms with Crippen molar-refractivity contribution >= 4 is 5.91 Å². The summed E-state index contributed by atoms with van der Waals surface area (Å²) in [5.41, 5.74) is 5.30. The summed E-state index contributed by atoms with van der Waals surface area (Å²) >= 11 is 0. The number of hydrogen-bond donors (Lipinski definition) is 1. The van der Waals surface area contributed by atoms with Crippen molar-refractivity contribution in [3.63, 3.8) is 0 Å². The van der Waals surface area contributed by atoms with E-state index in [4.69, 9.17) is 10.5 Å². The van der Waals surface area contributed by atoms with Crippen molar-refractivity contribution in [1.29, 1.82) is 0 Å². The molecule has 1 aliphatic rings. The monoisotopic (exact) mass is 186 g/mol. The molecule has 0 saturated carbocycles. The van der Waals surface area contributed by atoms with Gasteiger partial charge in [0.05, 0.1) is 6.10 Å². The Balaban J connectivity index is 2.22. The van der Waals surface area contributed by atoms with E-state index in [2.05, 4.69) is 0 Å². The van der Waals surface area contributed by atoms with E-state index >= 15 is 0 Å². The molecule has 1 unspecified atom stereocenters. The van der Waals surface area contributed by atoms with E-state index in [-0.39, 0.29) is 12.0 Å². The summed E-state index contributed by atoms with van der Waals surface area (Å²) in [5.74, 6) is 0.109. The zero-order valence-corrected chi connectivity index (χ0v) is 8.16. The van der Waals surface area contributed by atoms with Crippen LogP contribution in [0, 0.1) is 0 Å². The Bertz CT molecular complexity index is 167. The van der Waals surface area contributed by atoms with Gasteiger partial charge in [0.2, 0.25) is 5.91 Å². The smallest absolute Gasteiger partial charge is 0.223 e. The molecule has 0 spiro atoms. The fraction of sp³-hybridized carbons (Fsp3) is 0.889. The highest BCUT2D eigenvalue weighted by atomic mass is 16.5. The van der Waals surface area contributed by atoms with Crippen LogP contribution in [0.4, 0.5) is 0 Å². The third kappa shape index (κ3) is 3.32. The van der Waals surface area contributed by atoms with E-state index in [0.717, 1.165) is 19.4 Å². The first-order chi connectivity index (χ1) is 6.24. The first kappa shape index (κ1) is 10.5. The van der Waals surface area contributed by atoms with E-state index in [9.17, 15) is 4.79 Å². The second kappa shape index (κ2) is 5.19. The van der Waals surface area contributed by atoms with Gasteiger partial charge in [-0.3, -0.25) is 4.79 Å². The number of ether oxygens (including phenoxy) is 1. The van der Waals surface area contributed by atoms with Crippen molar-refractivity contribution in [3.8, 4) is 0 Å². The highest BCUT2D eigenvalue weighted by Gasteiger charge is 2.19. The fourth-order valence-electron chi connectivity index (χ4n) is 1.51. The van der Waals surface area contributed by atoms with Crippen LogP contribution in [0.2, 0.25) is 0 Å². The molecule has 1 amide bonds. The number of likely N-dealkylation sites (N-methyl/N-ethyl adjacent to an activating group) is 1. The molecule has 1 atom stereocenters. The summed E-state index contributed by atoms with van der Waals surface area (Å²) in [5, 5.41) is 0. The van der Waals surface area contributed by atoms with Gasteiger partial charge in [-0.2, -0.15) is 0 Å². The van der Waals surface area contributed by atoms with Gasteiger partial charge in [0.1, 0.15) is 0 Å². The van der Waals surface area contributed by atoms with Crippen LogP contribution in [0.1, 0.15) is 19.3 Å². The summed E-state index contributed by atoms with van der Waals surface area (Å²) in [6.45, 7) is 1.97. The molecule has 0 aromatic carbocycles. The topological polar surface area (TPSA) is 55.6 Å². The zero-order chi connectivity index (χ0) is 9.68. The number of amides is 1. The summed E-state index contributed by atoms with van der Waals surface area (Å²) in [6.07, 6.45) is 2.86. The molecule has 4 heteroatoms. The third-order valence-corrected chi connectivity index (χ3v) is 2.29. The van der Waals surface area contributed by atoms with Gasteiger partial charge in [-0.15, -0.1) is 0 Å². The molecular weight excluding hydrogens is 168 g/mol. The maximum atomic E-state index is 11.3. The van der Waals surface area contributed by atoms with Crippen molar-refractivity contribution in [3.05, 3.63) is 0 Å². The lowest BCUT2D eigenvalue weighted by Gasteiger charge is -2.20. The van der Waals surface area contributed by atoms with E-state index in [1.165, 1.54) is 0 Å². The summed E-state index contributed by atoms with van der Waals surface area (Å²) < 4.78 is 5.43. The SMILES string of the molecule is CN(CC1CCCO1)C(=O)CCN. The molecule has 2 N–H and O–H groups in total.